The molecule has 0 aliphatic rings. The molecule has 2 aromatic heterocycles. The van der Waals surface area contributed by atoms with Gasteiger partial charge in [0.1, 0.15) is 6.33 Å². The number of carbonyl (C=O) groups is 2. The van der Waals surface area contributed by atoms with E-state index < -0.39 is 5.97 Å². The van der Waals surface area contributed by atoms with Crippen LogP contribution < -0.4 is 5.32 Å². The van der Waals surface area contributed by atoms with E-state index in [2.05, 4.69) is 20.8 Å². The molecule has 0 bridgehead atoms. The lowest BCUT2D eigenvalue weighted by Gasteiger charge is -2.12. The number of tetrazole rings is 1. The molecule has 25 heavy (non-hydrogen) atoms. The first kappa shape index (κ1) is 16.8. The topological polar surface area (TPSA) is 99.0 Å². The number of rotatable bonds is 6. The summed E-state index contributed by atoms with van der Waals surface area (Å²) in [5, 5.41) is 15.6. The van der Waals surface area contributed by atoms with Gasteiger partial charge in [0.05, 0.1) is 17.3 Å². The van der Waals surface area contributed by atoms with Gasteiger partial charge in [-0.3, -0.25) is 4.79 Å². The standard InChI is InChI=1S/C16H15N5O3S/c1-11(14-3-2-8-25-14)18-15(22)9-24-16(23)12-4-6-13(7-5-12)21-10-17-19-20-21/h2-8,10-11H,9H2,1H3,(H,18,22)/t11-/m1/s1. The van der Waals surface area contributed by atoms with Crippen LogP contribution in [0.3, 0.4) is 0 Å². The summed E-state index contributed by atoms with van der Waals surface area (Å²) < 4.78 is 6.51. The summed E-state index contributed by atoms with van der Waals surface area (Å²) in [6, 6.07) is 10.3. The van der Waals surface area contributed by atoms with E-state index in [1.807, 2.05) is 24.4 Å². The minimum Gasteiger partial charge on any atom is -0.452 e. The molecule has 1 aromatic carbocycles. The maximum Gasteiger partial charge on any atom is 0.338 e. The maximum absolute atomic E-state index is 12.0. The third-order valence-corrected chi connectivity index (χ3v) is 4.45. The van der Waals surface area contributed by atoms with Crippen LogP contribution >= 0.6 is 11.3 Å². The van der Waals surface area contributed by atoms with E-state index in [0.29, 0.717) is 11.3 Å². The molecule has 9 heteroatoms. The van der Waals surface area contributed by atoms with Crippen LogP contribution in [-0.2, 0) is 9.53 Å². The van der Waals surface area contributed by atoms with Gasteiger partial charge in [0.2, 0.25) is 0 Å². The number of carbonyl (C=O) groups excluding carboxylic acids is 2. The largest absolute Gasteiger partial charge is 0.452 e. The van der Waals surface area contributed by atoms with Gasteiger partial charge in [-0.05, 0) is 53.1 Å². The summed E-state index contributed by atoms with van der Waals surface area (Å²) in [5.41, 5.74) is 1.06. The molecule has 0 fully saturated rings. The number of ether oxygens (including phenoxy) is 1. The summed E-state index contributed by atoms with van der Waals surface area (Å²) in [4.78, 5) is 24.9. The van der Waals surface area contributed by atoms with Crippen LogP contribution in [0.25, 0.3) is 5.69 Å². The van der Waals surface area contributed by atoms with E-state index in [4.69, 9.17) is 4.74 Å². The molecule has 3 aromatic rings. The first-order valence-electron chi connectivity index (χ1n) is 7.47. The van der Waals surface area contributed by atoms with Gasteiger partial charge < -0.3 is 10.1 Å². The van der Waals surface area contributed by atoms with Crippen molar-refractivity contribution in [1.82, 2.24) is 25.5 Å². The molecule has 1 amide bonds. The number of aromatic nitrogens is 4. The van der Waals surface area contributed by atoms with Crippen molar-refractivity contribution >= 4 is 23.2 Å². The predicted molar refractivity (Wildman–Crippen MR) is 90.3 cm³/mol. The Kier molecular flexibility index (Phi) is 5.14. The molecule has 1 atom stereocenters. The monoisotopic (exact) mass is 357 g/mol. The van der Waals surface area contributed by atoms with Crippen molar-refractivity contribution in [3.8, 4) is 5.69 Å². The number of benzene rings is 1. The van der Waals surface area contributed by atoms with Crippen molar-refractivity contribution in [3.63, 3.8) is 0 Å². The average Bonchev–Trinajstić information content (AvgIpc) is 3.33. The minimum absolute atomic E-state index is 0.123. The summed E-state index contributed by atoms with van der Waals surface area (Å²) in [6.45, 7) is 1.55. The van der Waals surface area contributed by atoms with Gasteiger partial charge >= 0.3 is 5.97 Å². The molecule has 0 radical (unpaired) electrons. The van der Waals surface area contributed by atoms with Gasteiger partial charge in [-0.1, -0.05) is 6.07 Å². The molecule has 8 nitrogen and oxygen atoms in total. The molecule has 0 aliphatic carbocycles. The number of nitrogens with zero attached hydrogens (tertiary/aromatic N) is 4. The first-order chi connectivity index (χ1) is 12.1. The van der Waals surface area contributed by atoms with Crippen molar-refractivity contribution in [2.24, 2.45) is 0 Å². The smallest absolute Gasteiger partial charge is 0.338 e. The normalized spacial score (nSPS) is 11.7. The molecule has 0 saturated carbocycles. The zero-order valence-corrected chi connectivity index (χ0v) is 14.1. The number of hydrogen-bond acceptors (Lipinski definition) is 7. The lowest BCUT2D eigenvalue weighted by molar-refractivity contribution is -0.124. The maximum atomic E-state index is 12.0. The van der Waals surface area contributed by atoms with E-state index in [9.17, 15) is 9.59 Å². The summed E-state index contributed by atoms with van der Waals surface area (Å²) in [7, 11) is 0. The summed E-state index contributed by atoms with van der Waals surface area (Å²) in [5.74, 6) is -0.915. The van der Waals surface area contributed by atoms with Gasteiger partial charge in [-0.25, -0.2) is 9.48 Å². The summed E-state index contributed by atoms with van der Waals surface area (Å²) >= 11 is 1.56. The van der Waals surface area contributed by atoms with E-state index in [1.54, 1.807) is 35.6 Å². The van der Waals surface area contributed by atoms with Gasteiger partial charge in [0.25, 0.3) is 5.91 Å². The average molecular weight is 357 g/mol. The summed E-state index contributed by atoms with van der Waals surface area (Å²) in [6.07, 6.45) is 1.45. The van der Waals surface area contributed by atoms with Crippen LogP contribution in [0.5, 0.6) is 0 Å². The molecule has 1 N–H and O–H groups in total. The molecule has 0 unspecified atom stereocenters. The number of amides is 1. The second kappa shape index (κ2) is 7.67. The van der Waals surface area contributed by atoms with Gasteiger partial charge in [0, 0.05) is 4.88 Å². The Balaban J connectivity index is 1.51. The molecule has 0 aliphatic heterocycles. The number of esters is 1. The predicted octanol–water partition coefficient (Wildman–Crippen LogP) is 1.76. The highest BCUT2D eigenvalue weighted by Gasteiger charge is 2.13. The van der Waals surface area contributed by atoms with E-state index in [-0.39, 0.29) is 18.6 Å². The Morgan fingerprint density at radius 1 is 1.28 bits per heavy atom. The van der Waals surface area contributed by atoms with Crippen LogP contribution in [0.2, 0.25) is 0 Å². The van der Waals surface area contributed by atoms with Crippen molar-refractivity contribution < 1.29 is 14.3 Å². The fraction of sp³-hybridized carbons (Fsp3) is 0.188. The molecular formula is C16H15N5O3S. The molecule has 0 saturated heterocycles. The highest BCUT2D eigenvalue weighted by molar-refractivity contribution is 7.10. The second-order valence-corrected chi connectivity index (χ2v) is 6.16. The van der Waals surface area contributed by atoms with E-state index >= 15 is 0 Å². The highest BCUT2D eigenvalue weighted by atomic mass is 32.1. The lowest BCUT2D eigenvalue weighted by atomic mass is 10.2. The van der Waals surface area contributed by atoms with Crippen LogP contribution in [0, 0.1) is 0 Å². The third kappa shape index (κ3) is 4.27. The van der Waals surface area contributed by atoms with Crippen molar-refractivity contribution in [1.29, 1.82) is 0 Å². The number of hydrogen-bond donors (Lipinski definition) is 1. The number of nitrogens with one attached hydrogen (secondary N) is 1. The number of thiophene rings is 1. The SMILES string of the molecule is C[C@@H](NC(=O)COC(=O)c1ccc(-n2cnnn2)cc1)c1cccs1. The van der Waals surface area contributed by atoms with Gasteiger partial charge in [-0.15, -0.1) is 16.4 Å². The quantitative estimate of drug-likeness (QED) is 0.675. The highest BCUT2D eigenvalue weighted by Crippen LogP contribution is 2.17. The van der Waals surface area contributed by atoms with Crippen LogP contribution in [0.15, 0.2) is 48.1 Å². The Bertz CT molecular complexity index is 831. The van der Waals surface area contributed by atoms with Crippen molar-refractivity contribution in [2.45, 2.75) is 13.0 Å². The van der Waals surface area contributed by atoms with Crippen LogP contribution in [0.4, 0.5) is 0 Å². The third-order valence-electron chi connectivity index (χ3n) is 3.40. The zero-order valence-electron chi connectivity index (χ0n) is 13.3. The molecule has 3 rings (SSSR count). The minimum atomic E-state index is -0.567. The van der Waals surface area contributed by atoms with E-state index in [1.165, 1.54) is 11.0 Å². The van der Waals surface area contributed by atoms with Crippen molar-refractivity contribution in [2.75, 3.05) is 6.61 Å². The Morgan fingerprint density at radius 3 is 2.72 bits per heavy atom. The van der Waals surface area contributed by atoms with Crippen LogP contribution in [0.1, 0.15) is 28.2 Å². The van der Waals surface area contributed by atoms with Gasteiger partial charge in [0.15, 0.2) is 6.61 Å². The van der Waals surface area contributed by atoms with E-state index in [0.717, 1.165) is 4.88 Å². The second-order valence-electron chi connectivity index (χ2n) is 5.18. The molecule has 2 heterocycles. The Hall–Kier alpha value is -3.07. The lowest BCUT2D eigenvalue weighted by Crippen LogP contribution is -2.30. The molecular weight excluding hydrogens is 342 g/mol. The fourth-order valence-electron chi connectivity index (χ4n) is 2.14. The Morgan fingerprint density at radius 2 is 2.08 bits per heavy atom. The van der Waals surface area contributed by atoms with Crippen LogP contribution in [-0.4, -0.2) is 38.7 Å². The van der Waals surface area contributed by atoms with Gasteiger partial charge in [-0.2, -0.15) is 0 Å². The van der Waals surface area contributed by atoms with Crippen molar-refractivity contribution in [3.05, 3.63) is 58.5 Å². The zero-order chi connectivity index (χ0) is 17.6. The Labute approximate surface area is 147 Å². The fourth-order valence-corrected chi connectivity index (χ4v) is 2.87. The first-order valence-corrected chi connectivity index (χ1v) is 8.35. The molecule has 128 valence electrons. The molecule has 0 spiro atoms.